The van der Waals surface area contributed by atoms with Gasteiger partial charge in [-0.2, -0.15) is 18.2 Å². The van der Waals surface area contributed by atoms with Crippen molar-refractivity contribution in [1.82, 2.24) is 9.97 Å². The fraction of sp³-hybridized carbons (Fsp3) is 0.0526. The number of aromatic nitrogens is 2. The second-order valence-electron chi connectivity index (χ2n) is 5.90. The molecule has 3 aromatic rings. The summed E-state index contributed by atoms with van der Waals surface area (Å²) in [6.45, 7) is 0. The Morgan fingerprint density at radius 1 is 1.00 bits per heavy atom. The fourth-order valence-electron chi connectivity index (χ4n) is 2.24. The zero-order chi connectivity index (χ0) is 22.6. The van der Waals surface area contributed by atoms with Gasteiger partial charge in [-0.05, 0) is 58.4 Å². The van der Waals surface area contributed by atoms with E-state index in [4.69, 9.17) is 0 Å². The van der Waals surface area contributed by atoms with E-state index in [1.807, 2.05) is 0 Å². The van der Waals surface area contributed by atoms with Gasteiger partial charge in [0.2, 0.25) is 5.95 Å². The van der Waals surface area contributed by atoms with E-state index in [0.29, 0.717) is 21.7 Å². The number of alkyl halides is 3. The molecule has 0 atom stereocenters. The van der Waals surface area contributed by atoms with Gasteiger partial charge in [0, 0.05) is 17.6 Å². The topological polar surface area (TPSA) is 93.2 Å². The summed E-state index contributed by atoms with van der Waals surface area (Å²) in [6.07, 6.45) is -3.82. The van der Waals surface area contributed by atoms with Crippen LogP contribution in [-0.2, 0) is 9.53 Å². The highest BCUT2D eigenvalue weighted by molar-refractivity contribution is 9.10. The Labute approximate surface area is 180 Å². The number of rotatable bonds is 5. The Kier molecular flexibility index (Phi) is 6.49. The van der Waals surface area contributed by atoms with Crippen molar-refractivity contribution in [1.29, 1.82) is 0 Å². The van der Waals surface area contributed by atoms with Gasteiger partial charge in [0.25, 0.3) is 0 Å². The Hall–Kier alpha value is -3.54. The van der Waals surface area contributed by atoms with E-state index in [2.05, 4.69) is 41.3 Å². The molecule has 0 amide bonds. The highest BCUT2D eigenvalue weighted by Crippen LogP contribution is 2.26. The summed E-state index contributed by atoms with van der Waals surface area (Å²) in [4.78, 5) is 30.7. The van der Waals surface area contributed by atoms with Crippen LogP contribution in [0.3, 0.4) is 0 Å². The van der Waals surface area contributed by atoms with Crippen LogP contribution in [0.5, 0.6) is 0 Å². The summed E-state index contributed by atoms with van der Waals surface area (Å²) in [5.41, 5.74) is 0.604. The fourth-order valence-corrected chi connectivity index (χ4v) is 2.53. The average molecular weight is 499 g/mol. The third kappa shape index (κ3) is 5.98. The molecule has 2 N–H and O–H groups in total. The third-order valence-corrected chi connectivity index (χ3v) is 4.21. The molecule has 0 bridgehead atoms. The number of carbonyl (C=O) groups excluding carboxylic acids is 2. The van der Waals surface area contributed by atoms with Gasteiger partial charge in [-0.1, -0.05) is 6.07 Å². The van der Waals surface area contributed by atoms with E-state index in [1.165, 1.54) is 48.7 Å². The predicted octanol–water partition coefficient (Wildman–Crippen LogP) is 5.11. The Morgan fingerprint density at radius 3 is 2.35 bits per heavy atom. The van der Waals surface area contributed by atoms with Crippen molar-refractivity contribution in [2.45, 2.75) is 6.18 Å². The molecule has 0 spiro atoms. The minimum absolute atomic E-state index is 0.143. The molecule has 2 aromatic carbocycles. The number of halogens is 5. The lowest BCUT2D eigenvalue weighted by atomic mass is 10.2. The van der Waals surface area contributed by atoms with Crippen molar-refractivity contribution in [3.8, 4) is 0 Å². The quantitative estimate of drug-likeness (QED) is 0.286. The lowest BCUT2D eigenvalue weighted by Gasteiger charge is -2.11. The molecule has 0 aliphatic rings. The SMILES string of the molecule is O=C(OC(=O)C(F)(F)F)c1ccc(Nc2ncc(Br)c(Nc3cccc(F)c3)n2)cc1. The summed E-state index contributed by atoms with van der Waals surface area (Å²) in [6, 6.07) is 10.8. The first-order valence-electron chi connectivity index (χ1n) is 8.37. The summed E-state index contributed by atoms with van der Waals surface area (Å²) in [7, 11) is 0. The summed E-state index contributed by atoms with van der Waals surface area (Å²) in [5, 5.41) is 5.77. The van der Waals surface area contributed by atoms with Gasteiger partial charge < -0.3 is 15.4 Å². The highest BCUT2D eigenvalue weighted by atomic mass is 79.9. The normalized spacial score (nSPS) is 11.0. The Morgan fingerprint density at radius 2 is 1.71 bits per heavy atom. The molecule has 1 aromatic heterocycles. The molecule has 0 fully saturated rings. The van der Waals surface area contributed by atoms with Crippen LogP contribution in [0, 0.1) is 5.82 Å². The van der Waals surface area contributed by atoms with Gasteiger partial charge in [0.15, 0.2) is 0 Å². The maximum Gasteiger partial charge on any atom is 0.491 e. The number of nitrogens with one attached hydrogen (secondary N) is 2. The zero-order valence-electron chi connectivity index (χ0n) is 15.2. The molecular formula is C19H11BrF4N4O3. The van der Waals surface area contributed by atoms with Crippen LogP contribution < -0.4 is 10.6 Å². The molecule has 160 valence electrons. The van der Waals surface area contributed by atoms with Crippen molar-refractivity contribution < 1.29 is 31.9 Å². The van der Waals surface area contributed by atoms with Crippen LogP contribution in [0.1, 0.15) is 10.4 Å². The minimum atomic E-state index is -5.27. The lowest BCUT2D eigenvalue weighted by Crippen LogP contribution is -2.28. The summed E-state index contributed by atoms with van der Waals surface area (Å²) < 4.78 is 54.1. The maximum atomic E-state index is 13.4. The number of anilines is 4. The van der Waals surface area contributed by atoms with E-state index < -0.39 is 23.9 Å². The van der Waals surface area contributed by atoms with Crippen molar-refractivity contribution >= 4 is 51.0 Å². The molecule has 0 radical (unpaired) electrons. The third-order valence-electron chi connectivity index (χ3n) is 3.63. The number of carbonyl (C=O) groups is 2. The molecule has 7 nitrogen and oxygen atoms in total. The molecule has 0 aliphatic carbocycles. The predicted molar refractivity (Wildman–Crippen MR) is 106 cm³/mol. The molecule has 0 aliphatic heterocycles. The van der Waals surface area contributed by atoms with Crippen molar-refractivity contribution in [2.24, 2.45) is 0 Å². The van der Waals surface area contributed by atoms with Crippen LogP contribution in [0.15, 0.2) is 59.2 Å². The van der Waals surface area contributed by atoms with Crippen molar-refractivity contribution in [3.05, 3.63) is 70.6 Å². The highest BCUT2D eigenvalue weighted by Gasteiger charge is 2.42. The standard InChI is InChI=1S/C19H11BrF4N4O3/c20-14-9-25-18(28-15(14)26-13-3-1-2-11(21)8-13)27-12-6-4-10(5-7-12)16(29)31-17(30)19(22,23)24/h1-9H,(H2,25,26,27,28). The van der Waals surface area contributed by atoms with Crippen LogP contribution in [0.25, 0.3) is 0 Å². The second kappa shape index (κ2) is 9.08. The number of esters is 2. The van der Waals surface area contributed by atoms with Crippen molar-refractivity contribution in [2.75, 3.05) is 10.6 Å². The van der Waals surface area contributed by atoms with Crippen LogP contribution >= 0.6 is 15.9 Å². The zero-order valence-corrected chi connectivity index (χ0v) is 16.8. The maximum absolute atomic E-state index is 13.4. The molecule has 3 rings (SSSR count). The van der Waals surface area contributed by atoms with Crippen LogP contribution in [-0.4, -0.2) is 28.1 Å². The first-order valence-corrected chi connectivity index (χ1v) is 9.16. The lowest BCUT2D eigenvalue weighted by molar-refractivity contribution is -0.193. The number of ether oxygens (including phenoxy) is 1. The second-order valence-corrected chi connectivity index (χ2v) is 6.76. The number of hydrogen-bond donors (Lipinski definition) is 2. The number of hydrogen-bond acceptors (Lipinski definition) is 7. The molecule has 31 heavy (non-hydrogen) atoms. The minimum Gasteiger partial charge on any atom is -0.383 e. The summed E-state index contributed by atoms with van der Waals surface area (Å²) in [5.74, 6) is -3.97. The molecule has 0 unspecified atom stereocenters. The number of nitrogens with zero attached hydrogens (tertiary/aromatic N) is 2. The number of benzene rings is 2. The average Bonchev–Trinajstić information content (AvgIpc) is 2.70. The summed E-state index contributed by atoms with van der Waals surface area (Å²) >= 11 is 3.28. The van der Waals surface area contributed by atoms with E-state index in [-0.39, 0.29) is 11.5 Å². The first-order chi connectivity index (χ1) is 14.6. The van der Waals surface area contributed by atoms with E-state index in [0.717, 1.165) is 0 Å². The van der Waals surface area contributed by atoms with Crippen LogP contribution in [0.2, 0.25) is 0 Å². The van der Waals surface area contributed by atoms with Gasteiger partial charge >= 0.3 is 18.1 Å². The van der Waals surface area contributed by atoms with Gasteiger partial charge in [-0.3, -0.25) is 0 Å². The van der Waals surface area contributed by atoms with Crippen molar-refractivity contribution in [3.63, 3.8) is 0 Å². The largest absolute Gasteiger partial charge is 0.491 e. The van der Waals surface area contributed by atoms with E-state index in [1.54, 1.807) is 6.07 Å². The first kappa shape index (κ1) is 22.2. The monoisotopic (exact) mass is 498 g/mol. The van der Waals surface area contributed by atoms with Crippen LogP contribution in [0.4, 0.5) is 40.7 Å². The van der Waals surface area contributed by atoms with Gasteiger partial charge in [-0.25, -0.2) is 19.0 Å². The smallest absolute Gasteiger partial charge is 0.383 e. The van der Waals surface area contributed by atoms with Gasteiger partial charge in [-0.15, -0.1) is 0 Å². The Balaban J connectivity index is 1.70. The Bertz CT molecular complexity index is 1120. The molecule has 0 saturated heterocycles. The van der Waals surface area contributed by atoms with Gasteiger partial charge in [0.1, 0.15) is 11.6 Å². The molecule has 1 heterocycles. The molecule has 12 heteroatoms. The molecular weight excluding hydrogens is 488 g/mol. The molecule has 0 saturated carbocycles. The van der Waals surface area contributed by atoms with E-state index in [9.17, 15) is 27.2 Å². The van der Waals surface area contributed by atoms with E-state index >= 15 is 0 Å². The van der Waals surface area contributed by atoms with Gasteiger partial charge in [0.05, 0.1) is 10.0 Å².